The molecule has 0 unspecified atom stereocenters. The van der Waals surface area contributed by atoms with Gasteiger partial charge in [0.25, 0.3) is 0 Å². The third kappa shape index (κ3) is 11.0. The normalized spacial score (nSPS) is 12.7. The maximum atomic E-state index is 10.3. The summed E-state index contributed by atoms with van der Waals surface area (Å²) >= 11 is 15.8. The average Bonchev–Trinajstić information content (AvgIpc) is 4.10. The van der Waals surface area contributed by atoms with E-state index in [0.717, 1.165) is 74.7 Å². The van der Waals surface area contributed by atoms with Crippen molar-refractivity contribution in [2.75, 3.05) is 0 Å². The van der Waals surface area contributed by atoms with Crippen LogP contribution in [0.5, 0.6) is 0 Å². The molecule has 9 rings (SSSR count). The Morgan fingerprint density at radius 1 is 0.565 bits per heavy atom. The quantitative estimate of drug-likeness (QED) is 0.0822. The largest absolute Gasteiger partial charge is 0.390 e. The first-order chi connectivity index (χ1) is 35.1. The molecule has 6 aromatic carbocycles. The number of nitrogens with zero attached hydrogens (tertiary/aromatic N) is 8. The molecule has 10 nitrogen and oxygen atoms in total. The number of rotatable bonds is 18. The summed E-state index contributed by atoms with van der Waals surface area (Å²) in [6.45, 7) is -0.259. The highest BCUT2D eigenvalue weighted by atomic mass is 79.9. The molecule has 0 amide bonds. The van der Waals surface area contributed by atoms with Crippen molar-refractivity contribution >= 4 is 39.1 Å². The molecule has 0 atom stereocenters. The number of tetrazole rings is 1. The van der Waals surface area contributed by atoms with Gasteiger partial charge < -0.3 is 19.3 Å². The average molecular weight is 1030 g/mol. The molecule has 3 aromatic heterocycles. The molecule has 0 radical (unpaired) electrons. The van der Waals surface area contributed by atoms with Crippen LogP contribution in [0.2, 0.25) is 10.3 Å². The van der Waals surface area contributed by atoms with Crippen LogP contribution in [0.4, 0.5) is 0 Å². The highest BCUT2D eigenvalue weighted by Gasteiger charge is 2.41. The zero-order valence-electron chi connectivity index (χ0n) is 42.4. The number of halogens is 3. The summed E-state index contributed by atoms with van der Waals surface area (Å²) in [6.07, 6.45) is 5.09. The summed E-state index contributed by atoms with van der Waals surface area (Å²) in [7, 11) is 0. The molecule has 3 heterocycles. The molecule has 0 bridgehead atoms. The Morgan fingerprint density at radius 2 is 0.986 bits per heavy atom. The fourth-order valence-corrected chi connectivity index (χ4v) is 9.31. The number of aryl methyl sites for hydroxylation is 2. The molecule has 0 aliphatic rings. The predicted molar refractivity (Wildman–Crippen MR) is 279 cm³/mol. The summed E-state index contributed by atoms with van der Waals surface area (Å²) in [6, 6.07) is 54.6. The van der Waals surface area contributed by atoms with Gasteiger partial charge in [-0.2, -0.15) is 0 Å². The first-order valence-corrected chi connectivity index (χ1v) is 24.5. The van der Waals surface area contributed by atoms with Crippen molar-refractivity contribution in [1.29, 1.82) is 0 Å². The Bertz CT molecular complexity index is 3120. The molecular formula is C56H55BrCl2N8O2. The molecule has 0 aliphatic carbocycles. The Kier molecular flexibility index (Phi) is 14.9. The summed E-state index contributed by atoms with van der Waals surface area (Å²) in [5.74, 6) is 1.84. The summed E-state index contributed by atoms with van der Waals surface area (Å²) < 4.78 is 35.6. The SMILES string of the molecule is [2H]C([2H])(O)c1c(Cl)nc(CCCC)n1Cc1ccc(-c2ccccc2-c2nnn(C(c3ccccc3)(c3ccccc3)c3ccccc3)n2)cc1.[2H]C([2H])(O)c1c(Cl)nc(CCCC)n1Cc1ccc(Br)cc1. The van der Waals surface area contributed by atoms with Gasteiger partial charge in [0, 0.05) is 36.0 Å². The van der Waals surface area contributed by atoms with Crippen LogP contribution in [0.1, 0.15) is 95.9 Å². The minimum atomic E-state index is -2.63. The Morgan fingerprint density at radius 3 is 1.42 bits per heavy atom. The van der Waals surface area contributed by atoms with Gasteiger partial charge in [0.05, 0.1) is 30.0 Å². The van der Waals surface area contributed by atoms with Crippen molar-refractivity contribution < 1.29 is 15.7 Å². The van der Waals surface area contributed by atoms with Gasteiger partial charge in [0.1, 0.15) is 11.6 Å². The van der Waals surface area contributed by atoms with E-state index in [-0.39, 0.29) is 21.7 Å². The van der Waals surface area contributed by atoms with E-state index in [2.05, 4.69) is 81.2 Å². The third-order valence-electron chi connectivity index (χ3n) is 12.0. The number of aromatic nitrogens is 8. The van der Waals surface area contributed by atoms with Crippen molar-refractivity contribution in [3.63, 3.8) is 0 Å². The molecule has 0 saturated heterocycles. The van der Waals surface area contributed by atoms with Gasteiger partial charge in [-0.25, -0.2) is 9.97 Å². The Hall–Kier alpha value is -6.21. The lowest BCUT2D eigenvalue weighted by atomic mass is 9.77. The van der Waals surface area contributed by atoms with Gasteiger partial charge in [0.15, 0.2) is 15.8 Å². The first-order valence-electron chi connectivity index (χ1n) is 25.0. The standard InChI is InChI=1S/C41H37ClN6O.C15H18BrClN2O/c1-2-3-23-38-43-39(42)37(29-49)47(38)28-30-24-26-31(27-25-30)35-21-13-14-22-36(35)40-44-46-48(45-40)41(32-15-7-4-8-16-32,33-17-9-5-10-18-33)34-19-11-6-12-20-34;1-2-3-4-14-18-15(17)13(10-20)19(14)9-11-5-7-12(16)8-6-11/h4-22,24-27,49H,2-3,23,28-29H2,1H3;5-8,20H,2-4,9-10H2,1H3/i29D2;10D2. The van der Waals surface area contributed by atoms with Crippen molar-refractivity contribution in [2.45, 2.75) is 84.1 Å². The Balaban J connectivity index is 0.000000270. The minimum Gasteiger partial charge on any atom is -0.390 e. The van der Waals surface area contributed by atoms with E-state index in [1.54, 1.807) is 13.9 Å². The van der Waals surface area contributed by atoms with Crippen LogP contribution >= 0.6 is 39.1 Å². The van der Waals surface area contributed by atoms with Gasteiger partial charge in [-0.3, -0.25) is 0 Å². The monoisotopic (exact) mass is 1020 g/mol. The molecule has 0 spiro atoms. The van der Waals surface area contributed by atoms with Crippen LogP contribution in [-0.2, 0) is 44.6 Å². The van der Waals surface area contributed by atoms with Crippen molar-refractivity contribution in [2.24, 2.45) is 0 Å². The summed E-state index contributed by atoms with van der Waals surface area (Å²) in [5.41, 5.74) is 6.74. The van der Waals surface area contributed by atoms with Crippen molar-refractivity contribution in [3.8, 4) is 22.5 Å². The zero-order chi connectivity index (χ0) is 51.8. The van der Waals surface area contributed by atoms with E-state index < -0.39 is 18.7 Å². The van der Waals surface area contributed by atoms with Crippen molar-refractivity contribution in [3.05, 3.63) is 229 Å². The number of unbranched alkanes of at least 4 members (excludes halogenated alkanes) is 2. The molecule has 2 N–H and O–H groups in total. The van der Waals surface area contributed by atoms with Crippen LogP contribution in [0, 0.1) is 0 Å². The molecule has 13 heteroatoms. The van der Waals surface area contributed by atoms with Crippen molar-refractivity contribution in [1.82, 2.24) is 39.3 Å². The smallest absolute Gasteiger partial charge is 0.205 e. The van der Waals surface area contributed by atoms with E-state index >= 15 is 0 Å². The highest BCUT2D eigenvalue weighted by molar-refractivity contribution is 9.10. The first kappa shape index (κ1) is 44.0. The number of hydrogen-bond acceptors (Lipinski definition) is 7. The second kappa shape index (κ2) is 23.4. The number of hydrogen-bond donors (Lipinski definition) is 2. The minimum absolute atomic E-state index is 0.0168. The number of benzene rings is 6. The van der Waals surface area contributed by atoms with E-state index in [4.69, 9.17) is 39.0 Å². The predicted octanol–water partition coefficient (Wildman–Crippen LogP) is 12.8. The Labute approximate surface area is 428 Å². The van der Waals surface area contributed by atoms with Crippen LogP contribution in [-0.4, -0.2) is 49.5 Å². The van der Waals surface area contributed by atoms with E-state index in [1.165, 1.54) is 0 Å². The second-order valence-corrected chi connectivity index (χ2v) is 18.1. The van der Waals surface area contributed by atoms with Crippen LogP contribution in [0.15, 0.2) is 168 Å². The molecule has 9 aromatic rings. The zero-order valence-corrected chi connectivity index (χ0v) is 41.4. The fourth-order valence-electron chi connectivity index (χ4n) is 8.56. The molecule has 69 heavy (non-hydrogen) atoms. The lowest BCUT2D eigenvalue weighted by Crippen LogP contribution is -2.39. The molecule has 0 aliphatic heterocycles. The summed E-state index contributed by atoms with van der Waals surface area (Å²) in [5, 5.41) is 34.6. The number of aliphatic hydroxyl groups is 2. The van der Waals surface area contributed by atoms with E-state index in [9.17, 15) is 10.2 Å². The number of imidazole rings is 2. The summed E-state index contributed by atoms with van der Waals surface area (Å²) in [4.78, 5) is 10.4. The van der Waals surface area contributed by atoms with Gasteiger partial charge in [-0.05, 0) is 69.1 Å². The third-order valence-corrected chi connectivity index (χ3v) is 13.1. The van der Waals surface area contributed by atoms with Gasteiger partial charge in [0.2, 0.25) is 5.82 Å². The topological polar surface area (TPSA) is 120 Å². The molecule has 352 valence electrons. The van der Waals surface area contributed by atoms with E-state index in [0.29, 0.717) is 43.4 Å². The van der Waals surface area contributed by atoms with Crippen LogP contribution in [0.25, 0.3) is 22.5 Å². The lowest BCUT2D eigenvalue weighted by Gasteiger charge is -2.34. The maximum absolute atomic E-state index is 10.3. The van der Waals surface area contributed by atoms with Crippen LogP contribution in [0.3, 0.4) is 0 Å². The highest BCUT2D eigenvalue weighted by Crippen LogP contribution is 2.40. The van der Waals surface area contributed by atoms with Crippen LogP contribution < -0.4 is 0 Å². The molecule has 0 saturated carbocycles. The molecular weight excluding hydrogens is 967 g/mol. The fraction of sp³-hybridized carbons (Fsp3) is 0.232. The van der Waals surface area contributed by atoms with E-state index in [1.807, 2.05) is 127 Å². The van der Waals surface area contributed by atoms with Gasteiger partial charge in [-0.1, -0.05) is 217 Å². The second-order valence-electron chi connectivity index (χ2n) is 16.5. The molecule has 0 fully saturated rings. The maximum Gasteiger partial charge on any atom is 0.205 e. The lowest BCUT2D eigenvalue weighted by molar-refractivity contribution is 0.271. The van der Waals surface area contributed by atoms with Gasteiger partial charge in [-0.15, -0.1) is 15.0 Å². The van der Waals surface area contributed by atoms with Gasteiger partial charge >= 0.3 is 0 Å².